The maximum atomic E-state index is 14.0. The predicted molar refractivity (Wildman–Crippen MR) is 78.9 cm³/mol. The van der Waals surface area contributed by atoms with Gasteiger partial charge < -0.3 is 10.2 Å². The van der Waals surface area contributed by atoms with Gasteiger partial charge in [0.05, 0.1) is 11.0 Å². The number of aliphatic carboxylic acids is 1. The number of hydrogen-bond acceptors (Lipinski definition) is 2. The molecule has 0 heterocycles. The molecule has 2 atom stereocenters. The summed E-state index contributed by atoms with van der Waals surface area (Å²) < 4.78 is 67.9. The lowest BCUT2D eigenvalue weighted by molar-refractivity contribution is -0.219. The highest BCUT2D eigenvalue weighted by atomic mass is 19.4. The highest BCUT2D eigenvalue weighted by molar-refractivity contribution is 5.75. The standard InChI is InChI=1S/C18H17F5O3/c19-12-2-1-11(13(14(12)20)18(21,22)23)17(26)9-3-8-4-10(17)7-16(5-8,6-9)15(24)25/h1-2,8-10,26H,3-7H2,(H,24,25). The van der Waals surface area contributed by atoms with E-state index in [1.807, 2.05) is 0 Å². The van der Waals surface area contributed by atoms with Crippen molar-refractivity contribution in [1.82, 2.24) is 0 Å². The van der Waals surface area contributed by atoms with Crippen LogP contribution in [0.2, 0.25) is 0 Å². The van der Waals surface area contributed by atoms with Crippen LogP contribution in [0, 0.1) is 34.8 Å². The third kappa shape index (κ3) is 2.17. The molecule has 8 heteroatoms. The van der Waals surface area contributed by atoms with Crippen molar-refractivity contribution in [3.63, 3.8) is 0 Å². The fraction of sp³-hybridized carbons (Fsp3) is 0.611. The lowest BCUT2D eigenvalue weighted by Crippen LogP contribution is -2.61. The number of aliphatic hydroxyl groups is 1. The molecule has 2 unspecified atom stereocenters. The fourth-order valence-corrected chi connectivity index (χ4v) is 5.85. The Kier molecular flexibility index (Phi) is 3.53. The second kappa shape index (κ2) is 5.18. The maximum Gasteiger partial charge on any atom is 0.419 e. The molecule has 4 fully saturated rings. The van der Waals surface area contributed by atoms with Gasteiger partial charge in [-0.05, 0) is 61.5 Å². The lowest BCUT2D eigenvalue weighted by atomic mass is 9.43. The summed E-state index contributed by atoms with van der Waals surface area (Å²) in [5.74, 6) is -6.09. The zero-order valence-electron chi connectivity index (χ0n) is 13.6. The molecule has 0 spiro atoms. The predicted octanol–water partition coefficient (Wildman–Crippen LogP) is 4.08. The summed E-state index contributed by atoms with van der Waals surface area (Å²) in [5.41, 5.74) is -5.50. The number of hydrogen-bond donors (Lipinski definition) is 2. The molecule has 0 radical (unpaired) electrons. The number of halogens is 5. The minimum absolute atomic E-state index is 0.0171. The van der Waals surface area contributed by atoms with Gasteiger partial charge in [-0.15, -0.1) is 0 Å². The summed E-state index contributed by atoms with van der Waals surface area (Å²) in [6.07, 6.45) is -3.85. The van der Waals surface area contributed by atoms with Gasteiger partial charge in [0, 0.05) is 0 Å². The highest BCUT2D eigenvalue weighted by Crippen LogP contribution is 2.67. The van der Waals surface area contributed by atoms with E-state index in [4.69, 9.17) is 0 Å². The molecular formula is C18H17F5O3. The van der Waals surface area contributed by atoms with Gasteiger partial charge in [-0.3, -0.25) is 4.79 Å². The largest absolute Gasteiger partial charge is 0.481 e. The second-order valence-corrected chi connectivity index (χ2v) is 8.04. The zero-order valence-corrected chi connectivity index (χ0v) is 13.6. The van der Waals surface area contributed by atoms with Crippen molar-refractivity contribution in [2.45, 2.75) is 43.9 Å². The van der Waals surface area contributed by atoms with Gasteiger partial charge in [-0.2, -0.15) is 13.2 Å². The minimum atomic E-state index is -5.17. The van der Waals surface area contributed by atoms with Crippen LogP contribution >= 0.6 is 0 Å². The Labute approximate surface area is 145 Å². The first-order valence-electron chi connectivity index (χ1n) is 8.50. The van der Waals surface area contributed by atoms with Crippen LogP contribution in [0.3, 0.4) is 0 Å². The first-order valence-corrected chi connectivity index (χ1v) is 8.50. The number of carboxylic acids is 1. The van der Waals surface area contributed by atoms with E-state index in [-0.39, 0.29) is 18.8 Å². The molecule has 3 nitrogen and oxygen atoms in total. The molecule has 5 rings (SSSR count). The van der Waals surface area contributed by atoms with E-state index >= 15 is 0 Å². The summed E-state index contributed by atoms with van der Waals surface area (Å²) in [4.78, 5) is 11.8. The molecule has 4 aliphatic rings. The smallest absolute Gasteiger partial charge is 0.419 e. The van der Waals surface area contributed by atoms with Crippen molar-refractivity contribution in [3.8, 4) is 0 Å². The molecule has 1 aromatic carbocycles. The third-order valence-electron chi connectivity index (χ3n) is 6.70. The Balaban J connectivity index is 1.88. The van der Waals surface area contributed by atoms with Gasteiger partial charge in [-0.25, -0.2) is 8.78 Å². The van der Waals surface area contributed by atoms with E-state index in [1.165, 1.54) is 0 Å². The van der Waals surface area contributed by atoms with E-state index in [1.54, 1.807) is 0 Å². The van der Waals surface area contributed by atoms with Gasteiger partial charge >= 0.3 is 12.1 Å². The summed E-state index contributed by atoms with van der Waals surface area (Å²) >= 11 is 0. The van der Waals surface area contributed by atoms with Crippen LogP contribution < -0.4 is 0 Å². The Bertz CT molecular complexity index is 772. The third-order valence-corrected chi connectivity index (χ3v) is 6.70. The van der Waals surface area contributed by atoms with E-state index in [0.717, 1.165) is 6.07 Å². The van der Waals surface area contributed by atoms with Crippen LogP contribution in [0.5, 0.6) is 0 Å². The van der Waals surface area contributed by atoms with Crippen molar-refractivity contribution < 1.29 is 37.0 Å². The summed E-state index contributed by atoms with van der Waals surface area (Å²) in [7, 11) is 0. The average molecular weight is 376 g/mol. The van der Waals surface area contributed by atoms with Gasteiger partial charge in [0.1, 0.15) is 5.56 Å². The molecule has 142 valence electrons. The van der Waals surface area contributed by atoms with Crippen LogP contribution in [-0.4, -0.2) is 16.2 Å². The van der Waals surface area contributed by atoms with Gasteiger partial charge in [0.15, 0.2) is 11.6 Å². The number of rotatable bonds is 2. The zero-order chi connectivity index (χ0) is 19.1. The molecule has 4 saturated carbocycles. The van der Waals surface area contributed by atoms with Crippen molar-refractivity contribution in [2.75, 3.05) is 0 Å². The van der Waals surface area contributed by atoms with Gasteiger partial charge in [0.2, 0.25) is 0 Å². The van der Waals surface area contributed by atoms with E-state index in [9.17, 15) is 37.0 Å². The number of benzene rings is 1. The molecule has 0 amide bonds. The van der Waals surface area contributed by atoms with E-state index < -0.39 is 57.8 Å². The molecule has 0 aromatic heterocycles. The van der Waals surface area contributed by atoms with Crippen molar-refractivity contribution >= 4 is 5.97 Å². The molecule has 0 saturated heterocycles. The number of carboxylic acid groups (broad SMARTS) is 1. The maximum absolute atomic E-state index is 14.0. The SMILES string of the molecule is O=C(O)C12CC3CC(C1)C(O)(c1ccc(F)c(F)c1C(F)(F)F)C(C3)C2. The van der Waals surface area contributed by atoms with Crippen LogP contribution in [0.25, 0.3) is 0 Å². The summed E-state index contributed by atoms with van der Waals surface area (Å²) in [6, 6.07) is 1.40. The van der Waals surface area contributed by atoms with Crippen LogP contribution in [0.1, 0.15) is 43.2 Å². The molecular weight excluding hydrogens is 359 g/mol. The van der Waals surface area contributed by atoms with Crippen LogP contribution in [0.4, 0.5) is 22.0 Å². The Morgan fingerprint density at radius 1 is 1.08 bits per heavy atom. The number of alkyl halides is 3. The Morgan fingerprint density at radius 3 is 2.15 bits per heavy atom. The first kappa shape index (κ1) is 17.7. The van der Waals surface area contributed by atoms with E-state index in [0.29, 0.717) is 25.3 Å². The normalized spacial score (nSPS) is 38.6. The quantitative estimate of drug-likeness (QED) is 0.765. The van der Waals surface area contributed by atoms with Crippen LogP contribution in [0.15, 0.2) is 12.1 Å². The molecule has 4 bridgehead atoms. The van der Waals surface area contributed by atoms with Crippen molar-refractivity contribution in [2.24, 2.45) is 23.2 Å². The second-order valence-electron chi connectivity index (χ2n) is 8.04. The average Bonchev–Trinajstić information content (AvgIpc) is 2.52. The lowest BCUT2D eigenvalue weighted by Gasteiger charge is -2.62. The summed E-state index contributed by atoms with van der Waals surface area (Å²) in [5, 5.41) is 20.9. The summed E-state index contributed by atoms with van der Waals surface area (Å²) in [6.45, 7) is 0. The van der Waals surface area contributed by atoms with Crippen molar-refractivity contribution in [3.05, 3.63) is 34.9 Å². The van der Waals surface area contributed by atoms with E-state index in [2.05, 4.69) is 0 Å². The number of carbonyl (C=O) groups is 1. The van der Waals surface area contributed by atoms with Gasteiger partial charge in [0.25, 0.3) is 0 Å². The highest BCUT2D eigenvalue weighted by Gasteiger charge is 2.66. The monoisotopic (exact) mass is 376 g/mol. The first-order chi connectivity index (χ1) is 12.0. The molecule has 1 aromatic rings. The van der Waals surface area contributed by atoms with Gasteiger partial charge in [-0.1, -0.05) is 6.07 Å². The molecule has 26 heavy (non-hydrogen) atoms. The fourth-order valence-electron chi connectivity index (χ4n) is 5.85. The topological polar surface area (TPSA) is 57.5 Å². The van der Waals surface area contributed by atoms with Crippen molar-refractivity contribution in [1.29, 1.82) is 0 Å². The molecule has 0 aliphatic heterocycles. The molecule has 2 N–H and O–H groups in total. The Morgan fingerprint density at radius 2 is 1.65 bits per heavy atom. The minimum Gasteiger partial charge on any atom is -0.481 e. The Hall–Kier alpha value is -1.70. The molecule has 4 aliphatic carbocycles. The van der Waals surface area contributed by atoms with Crippen LogP contribution in [-0.2, 0) is 16.6 Å².